The Labute approximate surface area is 139 Å². The van der Waals surface area contributed by atoms with E-state index in [1.807, 2.05) is 0 Å². The molecule has 2 amide bonds. The minimum atomic E-state index is -0.534. The second-order valence-corrected chi connectivity index (χ2v) is 6.30. The molecule has 0 fully saturated rings. The van der Waals surface area contributed by atoms with Crippen LogP contribution in [-0.2, 0) is 4.74 Å². The summed E-state index contributed by atoms with van der Waals surface area (Å²) < 4.78 is 5.08. The quantitative estimate of drug-likeness (QED) is 0.633. The molecule has 22 heavy (non-hydrogen) atoms. The van der Waals surface area contributed by atoms with Crippen LogP contribution in [0.2, 0.25) is 10.2 Å². The highest BCUT2D eigenvalue weighted by Gasteiger charge is 2.15. The zero-order chi connectivity index (χ0) is 16.8. The van der Waals surface area contributed by atoms with Gasteiger partial charge in [0, 0.05) is 13.1 Å². The fourth-order valence-electron chi connectivity index (χ4n) is 1.46. The van der Waals surface area contributed by atoms with Gasteiger partial charge in [-0.05, 0) is 39.3 Å². The average molecular weight is 348 g/mol. The van der Waals surface area contributed by atoms with E-state index in [0.717, 1.165) is 0 Å². The molecule has 1 aromatic rings. The molecular weight excluding hydrogens is 329 g/mol. The molecule has 6 nitrogen and oxygen atoms in total. The van der Waals surface area contributed by atoms with Gasteiger partial charge in [0.15, 0.2) is 0 Å². The van der Waals surface area contributed by atoms with Crippen molar-refractivity contribution < 1.29 is 14.3 Å². The number of ether oxygens (including phenoxy) is 1. The third kappa shape index (κ3) is 6.95. The topological polar surface area (TPSA) is 80.3 Å². The zero-order valence-corrected chi connectivity index (χ0v) is 14.2. The fraction of sp³-hybridized carbons (Fsp3) is 0.500. The second kappa shape index (κ2) is 8.19. The lowest BCUT2D eigenvalue weighted by molar-refractivity contribution is 0.0527. The van der Waals surface area contributed by atoms with Gasteiger partial charge in [-0.25, -0.2) is 9.78 Å². The van der Waals surface area contributed by atoms with Crippen LogP contribution < -0.4 is 10.6 Å². The Morgan fingerprint density at radius 3 is 2.45 bits per heavy atom. The molecule has 0 unspecified atom stereocenters. The zero-order valence-electron chi connectivity index (χ0n) is 12.7. The van der Waals surface area contributed by atoms with Crippen molar-refractivity contribution >= 4 is 35.2 Å². The molecule has 0 bridgehead atoms. The van der Waals surface area contributed by atoms with Crippen LogP contribution in [0.1, 0.15) is 37.7 Å². The molecule has 0 spiro atoms. The first-order valence-electron chi connectivity index (χ1n) is 6.76. The normalized spacial score (nSPS) is 11.0. The SMILES string of the molecule is CC(C)(C)OC(=O)NCCCNC(=O)c1nc(Cl)ccc1Cl. The first-order chi connectivity index (χ1) is 10.2. The number of aromatic nitrogens is 1. The summed E-state index contributed by atoms with van der Waals surface area (Å²) in [5.41, 5.74) is -0.456. The van der Waals surface area contributed by atoms with E-state index in [0.29, 0.717) is 19.5 Å². The number of carbonyl (C=O) groups is 2. The molecule has 0 saturated heterocycles. The number of hydrogen-bond donors (Lipinski definition) is 2. The van der Waals surface area contributed by atoms with E-state index < -0.39 is 17.6 Å². The highest BCUT2D eigenvalue weighted by Crippen LogP contribution is 2.16. The molecule has 0 aliphatic carbocycles. The van der Waals surface area contributed by atoms with E-state index in [4.69, 9.17) is 27.9 Å². The van der Waals surface area contributed by atoms with E-state index >= 15 is 0 Å². The van der Waals surface area contributed by atoms with E-state index in [-0.39, 0.29) is 15.9 Å². The van der Waals surface area contributed by atoms with Crippen molar-refractivity contribution in [2.45, 2.75) is 32.8 Å². The highest BCUT2D eigenvalue weighted by atomic mass is 35.5. The van der Waals surface area contributed by atoms with Crippen molar-refractivity contribution in [2.75, 3.05) is 13.1 Å². The number of nitrogens with one attached hydrogen (secondary N) is 2. The highest BCUT2D eigenvalue weighted by molar-refractivity contribution is 6.34. The maximum Gasteiger partial charge on any atom is 0.407 e. The molecule has 0 aliphatic heterocycles. The van der Waals surface area contributed by atoms with E-state index in [1.165, 1.54) is 12.1 Å². The standard InChI is InChI=1S/C14H19Cl2N3O3/c1-14(2,3)22-13(21)18-8-4-7-17-12(20)11-9(15)5-6-10(16)19-11/h5-6H,4,7-8H2,1-3H3,(H,17,20)(H,18,21). The van der Waals surface area contributed by atoms with Gasteiger partial charge in [0.25, 0.3) is 5.91 Å². The van der Waals surface area contributed by atoms with Crippen molar-refractivity contribution in [1.82, 2.24) is 15.6 Å². The second-order valence-electron chi connectivity index (χ2n) is 5.50. The molecular formula is C14H19Cl2N3O3. The van der Waals surface area contributed by atoms with Crippen molar-refractivity contribution in [3.8, 4) is 0 Å². The van der Waals surface area contributed by atoms with Crippen LogP contribution in [0.4, 0.5) is 4.79 Å². The third-order valence-electron chi connectivity index (χ3n) is 2.33. The van der Waals surface area contributed by atoms with Crippen LogP contribution in [0.15, 0.2) is 12.1 Å². The van der Waals surface area contributed by atoms with Gasteiger partial charge in [0.1, 0.15) is 16.4 Å². The summed E-state index contributed by atoms with van der Waals surface area (Å²) in [7, 11) is 0. The Morgan fingerprint density at radius 2 is 1.82 bits per heavy atom. The number of rotatable bonds is 5. The maximum atomic E-state index is 11.9. The summed E-state index contributed by atoms with van der Waals surface area (Å²) in [6, 6.07) is 3.02. The van der Waals surface area contributed by atoms with Crippen LogP contribution in [-0.4, -0.2) is 35.7 Å². The largest absolute Gasteiger partial charge is 0.444 e. The number of nitrogens with zero attached hydrogens (tertiary/aromatic N) is 1. The van der Waals surface area contributed by atoms with E-state index in [2.05, 4.69) is 15.6 Å². The van der Waals surface area contributed by atoms with E-state index in [1.54, 1.807) is 20.8 Å². The first kappa shape index (κ1) is 18.5. The summed E-state index contributed by atoms with van der Waals surface area (Å²) in [6.45, 7) is 6.10. The molecule has 1 aromatic heterocycles. The molecule has 1 rings (SSSR count). The predicted molar refractivity (Wildman–Crippen MR) is 85.4 cm³/mol. The molecule has 2 N–H and O–H groups in total. The fourth-order valence-corrected chi connectivity index (χ4v) is 1.79. The van der Waals surface area contributed by atoms with Crippen molar-refractivity contribution in [2.24, 2.45) is 0 Å². The van der Waals surface area contributed by atoms with Crippen LogP contribution in [0, 0.1) is 0 Å². The van der Waals surface area contributed by atoms with Gasteiger partial charge in [0.05, 0.1) is 5.02 Å². The van der Waals surface area contributed by atoms with E-state index in [9.17, 15) is 9.59 Å². The molecule has 0 atom stereocenters. The third-order valence-corrected chi connectivity index (χ3v) is 2.85. The molecule has 0 saturated carbocycles. The van der Waals surface area contributed by atoms with Crippen LogP contribution in [0.3, 0.4) is 0 Å². The van der Waals surface area contributed by atoms with Gasteiger partial charge in [-0.15, -0.1) is 0 Å². The summed E-state index contributed by atoms with van der Waals surface area (Å²) in [5.74, 6) is -0.412. The number of hydrogen-bond acceptors (Lipinski definition) is 4. The monoisotopic (exact) mass is 347 g/mol. The van der Waals surface area contributed by atoms with Crippen LogP contribution in [0.25, 0.3) is 0 Å². The van der Waals surface area contributed by atoms with Crippen molar-refractivity contribution in [3.63, 3.8) is 0 Å². The number of pyridine rings is 1. The number of alkyl carbamates (subject to hydrolysis) is 1. The Bertz CT molecular complexity index is 545. The molecule has 1 heterocycles. The molecule has 0 aromatic carbocycles. The summed E-state index contributed by atoms with van der Waals surface area (Å²) in [6.07, 6.45) is 0.0572. The predicted octanol–water partition coefficient (Wildman–Crippen LogP) is 3.03. The van der Waals surface area contributed by atoms with Gasteiger partial charge in [-0.3, -0.25) is 4.79 Å². The Morgan fingerprint density at radius 1 is 1.18 bits per heavy atom. The molecule has 122 valence electrons. The molecule has 0 aliphatic rings. The van der Waals surface area contributed by atoms with Gasteiger partial charge in [-0.1, -0.05) is 23.2 Å². The van der Waals surface area contributed by atoms with Crippen LogP contribution in [0.5, 0.6) is 0 Å². The number of halogens is 2. The smallest absolute Gasteiger partial charge is 0.407 e. The van der Waals surface area contributed by atoms with Gasteiger partial charge in [-0.2, -0.15) is 0 Å². The van der Waals surface area contributed by atoms with Gasteiger partial charge >= 0.3 is 6.09 Å². The van der Waals surface area contributed by atoms with Crippen molar-refractivity contribution in [3.05, 3.63) is 28.0 Å². The van der Waals surface area contributed by atoms with Gasteiger partial charge in [0.2, 0.25) is 0 Å². The van der Waals surface area contributed by atoms with Crippen LogP contribution >= 0.6 is 23.2 Å². The lowest BCUT2D eigenvalue weighted by atomic mass is 10.2. The number of carbonyl (C=O) groups excluding carboxylic acids is 2. The summed E-state index contributed by atoms with van der Waals surface area (Å²) >= 11 is 11.6. The summed E-state index contributed by atoms with van der Waals surface area (Å²) in [5, 5.41) is 5.68. The maximum absolute atomic E-state index is 11.9. The average Bonchev–Trinajstić information content (AvgIpc) is 2.38. The Balaban J connectivity index is 2.29. The minimum Gasteiger partial charge on any atom is -0.444 e. The lowest BCUT2D eigenvalue weighted by Crippen LogP contribution is -2.34. The van der Waals surface area contributed by atoms with Crippen molar-refractivity contribution in [1.29, 1.82) is 0 Å². The number of amides is 2. The molecule has 8 heteroatoms. The summed E-state index contributed by atoms with van der Waals surface area (Å²) in [4.78, 5) is 27.1. The molecule has 0 radical (unpaired) electrons. The minimum absolute atomic E-state index is 0.0780. The Kier molecular flexibility index (Phi) is 6.90. The lowest BCUT2D eigenvalue weighted by Gasteiger charge is -2.19. The first-order valence-corrected chi connectivity index (χ1v) is 7.52. The van der Waals surface area contributed by atoms with Gasteiger partial charge < -0.3 is 15.4 Å². The Hall–Kier alpha value is -1.53.